The number of amides is 1. The Labute approximate surface area is 156 Å². The molecular weight excluding hydrogens is 369 g/mol. The van der Waals surface area contributed by atoms with E-state index in [1.54, 1.807) is 12.1 Å². The Morgan fingerprint density at radius 3 is 2.46 bits per heavy atom. The van der Waals surface area contributed by atoms with Gasteiger partial charge in [0.25, 0.3) is 5.91 Å². The maximum absolute atomic E-state index is 12.9. The van der Waals surface area contributed by atoms with Crippen LogP contribution >= 0.6 is 0 Å². The van der Waals surface area contributed by atoms with Crippen LogP contribution in [0.1, 0.15) is 15.9 Å². The minimum absolute atomic E-state index is 0.00112. The van der Waals surface area contributed by atoms with Crippen LogP contribution in [0.15, 0.2) is 76.1 Å². The van der Waals surface area contributed by atoms with Gasteiger partial charge in [0.05, 0.1) is 11.3 Å². The zero-order valence-electron chi connectivity index (χ0n) is 14.3. The molecule has 0 aliphatic heterocycles. The molecule has 0 saturated heterocycles. The monoisotopic (exact) mass is 382 g/mol. The number of nitrogens with zero attached hydrogens (tertiary/aromatic N) is 1. The molecule has 1 amide bonds. The van der Waals surface area contributed by atoms with Gasteiger partial charge < -0.3 is 10.2 Å². The van der Waals surface area contributed by atoms with E-state index in [9.17, 15) is 18.0 Å². The second-order valence-corrected chi connectivity index (χ2v) is 6.19. The Morgan fingerprint density at radius 2 is 1.71 bits per heavy atom. The molecule has 0 radical (unpaired) electrons. The van der Waals surface area contributed by atoms with Crippen LogP contribution in [0.5, 0.6) is 0 Å². The first-order chi connectivity index (χ1) is 13.3. The third-order valence-electron chi connectivity index (χ3n) is 4.33. The van der Waals surface area contributed by atoms with Gasteiger partial charge >= 0.3 is 6.18 Å². The molecule has 0 saturated carbocycles. The van der Waals surface area contributed by atoms with Gasteiger partial charge in [0.2, 0.25) is 5.55 Å². The number of hydrogen-bond acceptors (Lipinski definition) is 3. The molecule has 1 heterocycles. The largest absolute Gasteiger partial charge is 0.438 e. The van der Waals surface area contributed by atoms with E-state index in [-0.39, 0.29) is 16.8 Å². The molecule has 7 heteroatoms. The Balaban J connectivity index is 1.99. The van der Waals surface area contributed by atoms with Crippen molar-refractivity contribution in [3.63, 3.8) is 0 Å². The molecular formula is C21H13F3N2O2. The van der Waals surface area contributed by atoms with Gasteiger partial charge in [-0.1, -0.05) is 36.4 Å². The van der Waals surface area contributed by atoms with Crippen molar-refractivity contribution in [3.05, 3.63) is 83.4 Å². The van der Waals surface area contributed by atoms with E-state index in [1.165, 1.54) is 12.1 Å². The smallest absolute Gasteiger partial charge is 0.416 e. The number of carbonyl (C=O) groups is 1. The normalized spacial score (nSPS) is 12.6. The summed E-state index contributed by atoms with van der Waals surface area (Å²) in [6.45, 7) is 0. The summed E-state index contributed by atoms with van der Waals surface area (Å²) in [7, 11) is 0. The lowest BCUT2D eigenvalue weighted by atomic mass is 10.0. The van der Waals surface area contributed by atoms with Gasteiger partial charge in [-0.3, -0.25) is 4.79 Å². The lowest BCUT2D eigenvalue weighted by Crippen LogP contribution is -2.21. The summed E-state index contributed by atoms with van der Waals surface area (Å²) < 4.78 is 44.5. The summed E-state index contributed by atoms with van der Waals surface area (Å²) in [6, 6.07) is 17.1. The summed E-state index contributed by atoms with van der Waals surface area (Å²) in [6.07, 6.45) is -4.50. The van der Waals surface area contributed by atoms with Crippen LogP contribution in [0.4, 0.5) is 18.9 Å². The molecule has 0 aliphatic carbocycles. The molecule has 0 bridgehead atoms. The highest BCUT2D eigenvalue weighted by atomic mass is 19.4. The highest BCUT2D eigenvalue weighted by Gasteiger charge is 2.30. The molecule has 28 heavy (non-hydrogen) atoms. The highest BCUT2D eigenvalue weighted by molar-refractivity contribution is 6.07. The average Bonchev–Trinajstić information content (AvgIpc) is 2.66. The van der Waals surface area contributed by atoms with Crippen LogP contribution in [0, 0.1) is 0 Å². The van der Waals surface area contributed by atoms with E-state index in [4.69, 9.17) is 10.2 Å². The maximum atomic E-state index is 12.9. The maximum Gasteiger partial charge on any atom is 0.416 e. The minimum Gasteiger partial charge on any atom is -0.438 e. The molecule has 0 aliphatic rings. The number of nitrogens with two attached hydrogens (primary N) is 1. The van der Waals surface area contributed by atoms with Gasteiger partial charge in [-0.25, -0.2) is 4.99 Å². The third-order valence-corrected chi connectivity index (χ3v) is 4.33. The van der Waals surface area contributed by atoms with Crippen molar-refractivity contribution >= 4 is 33.3 Å². The summed E-state index contributed by atoms with van der Waals surface area (Å²) in [5, 5.41) is 2.47. The molecule has 0 fully saturated rings. The summed E-state index contributed by atoms with van der Waals surface area (Å²) in [4.78, 5) is 16.0. The number of rotatable bonds is 2. The first-order valence-electron chi connectivity index (χ1n) is 8.30. The van der Waals surface area contributed by atoms with E-state index < -0.39 is 17.6 Å². The summed E-state index contributed by atoms with van der Waals surface area (Å²) in [5.41, 5.74) is 4.90. The molecule has 1 aromatic heterocycles. The second-order valence-electron chi connectivity index (χ2n) is 6.19. The standard InChI is InChI=1S/C21H13F3N2O2/c22-21(23,24)13-5-3-6-14(10-13)26-20-17(19(25)27)11-16-15-7-2-1-4-12(15)8-9-18(16)28-20/h1-11H,(H2,25,27). The van der Waals surface area contributed by atoms with Crippen molar-refractivity contribution in [1.29, 1.82) is 0 Å². The Bertz CT molecular complexity index is 1290. The lowest BCUT2D eigenvalue weighted by molar-refractivity contribution is -0.137. The van der Waals surface area contributed by atoms with Crippen LogP contribution in [-0.2, 0) is 6.18 Å². The van der Waals surface area contributed by atoms with E-state index >= 15 is 0 Å². The van der Waals surface area contributed by atoms with Crippen molar-refractivity contribution in [2.75, 3.05) is 0 Å². The number of hydrogen-bond donors (Lipinski definition) is 1. The molecule has 0 unspecified atom stereocenters. The van der Waals surface area contributed by atoms with Crippen molar-refractivity contribution in [2.45, 2.75) is 6.18 Å². The van der Waals surface area contributed by atoms with Gasteiger partial charge in [-0.05, 0) is 41.1 Å². The third kappa shape index (κ3) is 3.22. The van der Waals surface area contributed by atoms with E-state index in [0.717, 1.165) is 22.9 Å². The number of alkyl halides is 3. The van der Waals surface area contributed by atoms with Gasteiger partial charge in [0.1, 0.15) is 11.1 Å². The predicted molar refractivity (Wildman–Crippen MR) is 98.9 cm³/mol. The molecule has 4 rings (SSSR count). The fourth-order valence-electron chi connectivity index (χ4n) is 3.01. The van der Waals surface area contributed by atoms with E-state index in [0.29, 0.717) is 11.0 Å². The zero-order chi connectivity index (χ0) is 19.9. The molecule has 4 nitrogen and oxygen atoms in total. The molecule has 0 atom stereocenters. The topological polar surface area (TPSA) is 68.6 Å². The fourth-order valence-corrected chi connectivity index (χ4v) is 3.01. The SMILES string of the molecule is NC(=O)c1cc2c(ccc3ccccc32)oc1=Nc1cccc(C(F)(F)F)c1. The van der Waals surface area contributed by atoms with E-state index in [1.807, 2.05) is 30.3 Å². The number of benzene rings is 3. The molecule has 140 valence electrons. The van der Waals surface area contributed by atoms with Crippen LogP contribution in [0.2, 0.25) is 0 Å². The first-order valence-corrected chi connectivity index (χ1v) is 8.30. The Kier molecular flexibility index (Phi) is 4.15. The summed E-state index contributed by atoms with van der Waals surface area (Å²) in [5.74, 6) is -0.788. The Morgan fingerprint density at radius 1 is 0.929 bits per heavy atom. The zero-order valence-corrected chi connectivity index (χ0v) is 14.3. The quantitative estimate of drug-likeness (QED) is 0.499. The number of primary amides is 1. The van der Waals surface area contributed by atoms with Gasteiger partial charge in [-0.2, -0.15) is 13.2 Å². The Hall–Kier alpha value is -3.61. The van der Waals surface area contributed by atoms with E-state index in [2.05, 4.69) is 4.99 Å². The van der Waals surface area contributed by atoms with Gasteiger partial charge in [-0.15, -0.1) is 0 Å². The first kappa shape index (κ1) is 17.8. The van der Waals surface area contributed by atoms with Crippen LogP contribution in [0.3, 0.4) is 0 Å². The number of carbonyl (C=O) groups excluding carboxylic acids is 1. The van der Waals surface area contributed by atoms with Crippen molar-refractivity contribution in [1.82, 2.24) is 0 Å². The lowest BCUT2D eigenvalue weighted by Gasteiger charge is -2.07. The second kappa shape index (κ2) is 6.53. The van der Waals surface area contributed by atoms with Crippen molar-refractivity contribution in [3.8, 4) is 0 Å². The van der Waals surface area contributed by atoms with Crippen LogP contribution in [-0.4, -0.2) is 5.91 Å². The number of fused-ring (bicyclic) bond motifs is 3. The highest BCUT2D eigenvalue weighted by Crippen LogP contribution is 2.31. The molecule has 3 aromatic carbocycles. The van der Waals surface area contributed by atoms with Crippen molar-refractivity contribution < 1.29 is 22.4 Å². The molecule has 0 spiro atoms. The van der Waals surface area contributed by atoms with Crippen LogP contribution < -0.4 is 11.3 Å². The predicted octanol–water partition coefficient (Wildman–Crippen LogP) is 4.94. The molecule has 4 aromatic rings. The minimum atomic E-state index is -4.50. The number of halogens is 3. The average molecular weight is 382 g/mol. The summed E-state index contributed by atoms with van der Waals surface area (Å²) >= 11 is 0. The van der Waals surface area contributed by atoms with Crippen molar-refractivity contribution in [2.24, 2.45) is 10.7 Å². The molecule has 2 N–H and O–H groups in total. The fraction of sp³-hybridized carbons (Fsp3) is 0.0476. The van der Waals surface area contributed by atoms with Gasteiger partial charge in [0.15, 0.2) is 0 Å². The van der Waals surface area contributed by atoms with Gasteiger partial charge in [0, 0.05) is 5.39 Å². The van der Waals surface area contributed by atoms with Crippen LogP contribution in [0.25, 0.3) is 21.7 Å².